The van der Waals surface area contributed by atoms with Crippen LogP contribution in [-0.2, 0) is 10.0 Å². The largest absolute Gasteiger partial charge is 0.493 e. The lowest BCUT2D eigenvalue weighted by Crippen LogP contribution is -2.39. The van der Waals surface area contributed by atoms with E-state index in [2.05, 4.69) is 0 Å². The van der Waals surface area contributed by atoms with E-state index in [4.69, 9.17) is 4.74 Å². The molecule has 0 unspecified atom stereocenters. The third-order valence-electron chi connectivity index (χ3n) is 4.52. The van der Waals surface area contributed by atoms with E-state index in [0.717, 1.165) is 24.2 Å². The van der Waals surface area contributed by atoms with E-state index in [9.17, 15) is 8.42 Å². The van der Waals surface area contributed by atoms with Gasteiger partial charge in [-0.1, -0.05) is 36.4 Å². The minimum atomic E-state index is -3.37. The second-order valence-electron chi connectivity index (χ2n) is 6.24. The molecule has 0 bridgehead atoms. The number of aryl methyl sites for hydroxylation is 1. The van der Waals surface area contributed by atoms with Gasteiger partial charge in [-0.3, -0.25) is 0 Å². The van der Waals surface area contributed by atoms with Gasteiger partial charge < -0.3 is 4.74 Å². The van der Waals surface area contributed by atoms with Crippen LogP contribution >= 0.6 is 0 Å². The molecule has 1 saturated heterocycles. The quantitative estimate of drug-likeness (QED) is 0.833. The number of para-hydroxylation sites is 1. The first-order chi connectivity index (χ1) is 11.6. The molecule has 1 heterocycles. The van der Waals surface area contributed by atoms with Gasteiger partial charge in [-0.15, -0.1) is 0 Å². The highest BCUT2D eigenvalue weighted by molar-refractivity contribution is 7.89. The molecule has 0 atom stereocenters. The first-order valence-electron chi connectivity index (χ1n) is 8.31. The Morgan fingerprint density at radius 1 is 1.00 bits per heavy atom. The lowest BCUT2D eigenvalue weighted by atomic mass is 9.99. The number of hydrogen-bond acceptors (Lipinski definition) is 3. The molecule has 4 nitrogen and oxygen atoms in total. The molecule has 0 aromatic heterocycles. The van der Waals surface area contributed by atoms with Crippen molar-refractivity contribution in [3.8, 4) is 5.75 Å². The van der Waals surface area contributed by atoms with Crippen LogP contribution < -0.4 is 4.74 Å². The normalized spacial score (nSPS) is 16.9. The van der Waals surface area contributed by atoms with Gasteiger partial charge in [0, 0.05) is 13.1 Å². The molecule has 128 valence electrons. The van der Waals surface area contributed by atoms with E-state index in [1.54, 1.807) is 28.6 Å². The van der Waals surface area contributed by atoms with Gasteiger partial charge in [-0.2, -0.15) is 4.31 Å². The summed E-state index contributed by atoms with van der Waals surface area (Å²) in [5, 5.41) is 0. The average Bonchev–Trinajstić information content (AvgIpc) is 2.62. The Bertz CT molecular complexity index is 766. The summed E-state index contributed by atoms with van der Waals surface area (Å²) in [6, 6.07) is 16.6. The highest BCUT2D eigenvalue weighted by Gasteiger charge is 2.29. The summed E-state index contributed by atoms with van der Waals surface area (Å²) in [7, 11) is -3.37. The average molecular weight is 345 g/mol. The molecular weight excluding hydrogens is 322 g/mol. The van der Waals surface area contributed by atoms with Crippen molar-refractivity contribution in [1.29, 1.82) is 0 Å². The zero-order valence-corrected chi connectivity index (χ0v) is 14.7. The Kier molecular flexibility index (Phi) is 5.21. The number of piperidine rings is 1. The zero-order chi connectivity index (χ0) is 17.0. The first-order valence-corrected chi connectivity index (χ1v) is 9.75. The summed E-state index contributed by atoms with van der Waals surface area (Å²) in [5.41, 5.74) is 1.13. The second-order valence-corrected chi connectivity index (χ2v) is 8.17. The van der Waals surface area contributed by atoms with Gasteiger partial charge in [0.1, 0.15) is 5.75 Å². The number of ether oxygens (including phenoxy) is 1. The van der Waals surface area contributed by atoms with Gasteiger partial charge in [-0.25, -0.2) is 8.42 Å². The van der Waals surface area contributed by atoms with Crippen LogP contribution in [-0.4, -0.2) is 32.4 Å². The molecule has 1 fully saturated rings. The maximum Gasteiger partial charge on any atom is 0.243 e. The van der Waals surface area contributed by atoms with Crippen molar-refractivity contribution in [3.05, 3.63) is 60.2 Å². The minimum Gasteiger partial charge on any atom is -0.493 e. The summed E-state index contributed by atoms with van der Waals surface area (Å²) < 4.78 is 32.7. The van der Waals surface area contributed by atoms with Crippen molar-refractivity contribution in [2.24, 2.45) is 5.92 Å². The van der Waals surface area contributed by atoms with Gasteiger partial charge in [0.25, 0.3) is 0 Å². The molecular formula is C19H23NO3S. The van der Waals surface area contributed by atoms with Crippen LogP contribution in [0.3, 0.4) is 0 Å². The maximum atomic E-state index is 12.6. The molecule has 24 heavy (non-hydrogen) atoms. The fourth-order valence-electron chi connectivity index (χ4n) is 2.98. The molecule has 1 aliphatic heterocycles. The van der Waals surface area contributed by atoms with Crippen LogP contribution in [0.25, 0.3) is 0 Å². The number of nitrogens with zero attached hydrogens (tertiary/aromatic N) is 1. The van der Waals surface area contributed by atoms with Gasteiger partial charge in [0.05, 0.1) is 11.5 Å². The van der Waals surface area contributed by atoms with Crippen LogP contribution in [0.4, 0.5) is 0 Å². The molecule has 0 N–H and O–H groups in total. The molecule has 0 radical (unpaired) electrons. The topological polar surface area (TPSA) is 46.6 Å². The first kappa shape index (κ1) is 17.0. The summed E-state index contributed by atoms with van der Waals surface area (Å²) >= 11 is 0. The van der Waals surface area contributed by atoms with Crippen molar-refractivity contribution in [3.63, 3.8) is 0 Å². The summed E-state index contributed by atoms with van der Waals surface area (Å²) in [6.07, 6.45) is 1.66. The Labute approximate surface area is 144 Å². The van der Waals surface area contributed by atoms with E-state index in [-0.39, 0.29) is 0 Å². The smallest absolute Gasteiger partial charge is 0.243 e. The summed E-state index contributed by atoms with van der Waals surface area (Å²) in [6.45, 7) is 3.78. The molecule has 1 aliphatic rings. The van der Waals surface area contributed by atoms with Crippen molar-refractivity contribution >= 4 is 10.0 Å². The molecule has 5 heteroatoms. The van der Waals surface area contributed by atoms with Crippen LogP contribution in [0, 0.1) is 12.8 Å². The lowest BCUT2D eigenvalue weighted by molar-refractivity contribution is 0.184. The Morgan fingerprint density at radius 2 is 1.62 bits per heavy atom. The third-order valence-corrected chi connectivity index (χ3v) is 6.44. The van der Waals surface area contributed by atoms with Gasteiger partial charge in [0.15, 0.2) is 0 Å². The molecule has 3 rings (SSSR count). The zero-order valence-electron chi connectivity index (χ0n) is 13.9. The molecule has 0 saturated carbocycles. The monoisotopic (exact) mass is 345 g/mol. The number of hydrogen-bond donors (Lipinski definition) is 0. The molecule has 0 spiro atoms. The highest BCUT2D eigenvalue weighted by Crippen LogP contribution is 2.25. The van der Waals surface area contributed by atoms with Crippen molar-refractivity contribution in [2.75, 3.05) is 19.7 Å². The molecule has 0 amide bonds. The fraction of sp³-hybridized carbons (Fsp3) is 0.368. The SMILES string of the molecule is Cc1ccccc1OCC1CCN(S(=O)(=O)c2ccccc2)CC1. The van der Waals surface area contributed by atoms with E-state index in [0.29, 0.717) is 30.5 Å². The Balaban J connectivity index is 1.55. The van der Waals surface area contributed by atoms with E-state index < -0.39 is 10.0 Å². The predicted molar refractivity (Wildman–Crippen MR) is 94.6 cm³/mol. The second kappa shape index (κ2) is 7.36. The van der Waals surface area contributed by atoms with Crippen molar-refractivity contribution in [2.45, 2.75) is 24.7 Å². The van der Waals surface area contributed by atoms with E-state index >= 15 is 0 Å². The fourth-order valence-corrected chi connectivity index (χ4v) is 4.47. The van der Waals surface area contributed by atoms with Crippen LogP contribution in [0.15, 0.2) is 59.5 Å². The molecule has 2 aromatic carbocycles. The number of sulfonamides is 1. The van der Waals surface area contributed by atoms with Crippen LogP contribution in [0.1, 0.15) is 18.4 Å². The molecule has 0 aliphatic carbocycles. The number of benzene rings is 2. The van der Waals surface area contributed by atoms with E-state index in [1.165, 1.54) is 0 Å². The van der Waals surface area contributed by atoms with Crippen molar-refractivity contribution in [1.82, 2.24) is 4.31 Å². The predicted octanol–water partition coefficient (Wildman–Crippen LogP) is 3.47. The highest BCUT2D eigenvalue weighted by atomic mass is 32.2. The standard InChI is InChI=1S/C19H23NO3S/c1-16-7-5-6-10-19(16)23-15-17-11-13-20(14-12-17)24(21,22)18-8-3-2-4-9-18/h2-10,17H,11-15H2,1H3. The lowest BCUT2D eigenvalue weighted by Gasteiger charge is -2.31. The van der Waals surface area contributed by atoms with Crippen molar-refractivity contribution < 1.29 is 13.2 Å². The van der Waals surface area contributed by atoms with Crippen LogP contribution in [0.2, 0.25) is 0 Å². The van der Waals surface area contributed by atoms with Gasteiger partial charge in [0.2, 0.25) is 10.0 Å². The van der Waals surface area contributed by atoms with E-state index in [1.807, 2.05) is 37.3 Å². The van der Waals surface area contributed by atoms with Gasteiger partial charge in [-0.05, 0) is 49.4 Å². The Hall–Kier alpha value is -1.85. The Morgan fingerprint density at radius 3 is 2.29 bits per heavy atom. The third kappa shape index (κ3) is 3.79. The summed E-state index contributed by atoms with van der Waals surface area (Å²) in [5.74, 6) is 1.31. The minimum absolute atomic E-state index is 0.375. The van der Waals surface area contributed by atoms with Crippen LogP contribution in [0.5, 0.6) is 5.75 Å². The van der Waals surface area contributed by atoms with Gasteiger partial charge >= 0.3 is 0 Å². The number of rotatable bonds is 5. The summed E-state index contributed by atoms with van der Waals surface area (Å²) in [4.78, 5) is 0.375. The molecule has 2 aromatic rings. The maximum absolute atomic E-state index is 12.6.